The summed E-state index contributed by atoms with van der Waals surface area (Å²) in [5, 5.41) is 7.17. The third-order valence-corrected chi connectivity index (χ3v) is 9.36. The highest BCUT2D eigenvalue weighted by Crippen LogP contribution is 2.61. The summed E-state index contributed by atoms with van der Waals surface area (Å²) in [5.41, 5.74) is -0.400. The maximum absolute atomic E-state index is 12.7. The van der Waals surface area contributed by atoms with Crippen molar-refractivity contribution >= 4 is 5.91 Å². The fourth-order valence-corrected chi connectivity index (χ4v) is 7.90. The fourth-order valence-electron chi connectivity index (χ4n) is 7.90. The third kappa shape index (κ3) is 7.45. The lowest BCUT2D eigenvalue weighted by atomic mass is 9.44. The molecule has 35 heavy (non-hydrogen) atoms. The van der Waals surface area contributed by atoms with E-state index in [2.05, 4.69) is 38.3 Å². The summed E-state index contributed by atoms with van der Waals surface area (Å²) in [6.07, 6.45) is 22.7. The summed E-state index contributed by atoms with van der Waals surface area (Å²) in [5.74, 6) is 0.698. The molecule has 5 aliphatic carbocycles. The van der Waals surface area contributed by atoms with E-state index in [0.717, 1.165) is 32.1 Å². The van der Waals surface area contributed by atoms with Crippen molar-refractivity contribution < 1.29 is 14.3 Å². The molecule has 2 N–H and O–H groups in total. The van der Waals surface area contributed by atoms with Crippen molar-refractivity contribution in [2.75, 3.05) is 6.61 Å². The zero-order valence-corrected chi connectivity index (χ0v) is 23.3. The maximum Gasteiger partial charge on any atom is 0.246 e. The van der Waals surface area contributed by atoms with E-state index in [-0.39, 0.29) is 41.0 Å². The smallest absolute Gasteiger partial charge is 0.246 e. The van der Waals surface area contributed by atoms with E-state index < -0.39 is 0 Å². The minimum Gasteiger partial charge on any atom is -0.368 e. The zero-order valence-electron chi connectivity index (χ0n) is 23.3. The van der Waals surface area contributed by atoms with Crippen molar-refractivity contribution in [2.24, 2.45) is 5.92 Å². The molecule has 5 rings (SSSR count). The summed E-state index contributed by atoms with van der Waals surface area (Å²) < 4.78 is 12.8. The normalized spacial score (nSPS) is 31.7. The Bertz CT molecular complexity index is 666. The molecule has 0 saturated heterocycles. The molecule has 5 fully saturated rings. The Hall–Kier alpha value is -0.650. The zero-order chi connectivity index (χ0) is 25.0. The summed E-state index contributed by atoms with van der Waals surface area (Å²) in [4.78, 5) is 12.7. The highest BCUT2D eigenvalue weighted by atomic mass is 16.5. The molecule has 0 radical (unpaired) electrons. The van der Waals surface area contributed by atoms with Crippen LogP contribution >= 0.6 is 0 Å². The van der Waals surface area contributed by atoms with E-state index in [1.165, 1.54) is 83.5 Å². The molecule has 0 atom stereocenters. The lowest BCUT2D eigenvalue weighted by molar-refractivity contribution is -0.213. The summed E-state index contributed by atoms with van der Waals surface area (Å²) in [6.45, 7) is 9.19. The van der Waals surface area contributed by atoms with Crippen molar-refractivity contribution in [3.05, 3.63) is 0 Å². The van der Waals surface area contributed by atoms with Crippen LogP contribution < -0.4 is 10.6 Å². The van der Waals surface area contributed by atoms with E-state index in [1.807, 2.05) is 0 Å². The average Bonchev–Trinajstić information content (AvgIpc) is 2.82. The van der Waals surface area contributed by atoms with Crippen LogP contribution in [0.25, 0.3) is 0 Å². The standard InChI is InChI=1S/C30H54N2O3/c1-27(2,24-16-12-8-7-9-13-17-24)35-28(3,4)32-30-21-29(22-30,23-30)31-26(33)20-34-25-18-14-10-5-6-11-15-19-25/h24-25,32H,5-23H2,1-4H3,(H,31,33). The second kappa shape index (κ2) is 11.4. The molecule has 0 heterocycles. The van der Waals surface area contributed by atoms with Crippen molar-refractivity contribution in [2.45, 2.75) is 172 Å². The Balaban J connectivity index is 1.18. The Morgan fingerprint density at radius 1 is 0.743 bits per heavy atom. The highest BCUT2D eigenvalue weighted by Gasteiger charge is 2.69. The maximum atomic E-state index is 12.7. The number of hydrogen-bond donors (Lipinski definition) is 2. The molecule has 0 aromatic heterocycles. The lowest BCUT2D eigenvalue weighted by Crippen LogP contribution is -2.85. The van der Waals surface area contributed by atoms with E-state index in [0.29, 0.717) is 5.92 Å². The van der Waals surface area contributed by atoms with Crippen LogP contribution in [0.4, 0.5) is 0 Å². The van der Waals surface area contributed by atoms with Gasteiger partial charge in [0.25, 0.3) is 0 Å². The molecule has 2 bridgehead atoms. The predicted octanol–water partition coefficient (Wildman–Crippen LogP) is 6.78. The first-order chi connectivity index (χ1) is 16.6. The number of carbonyl (C=O) groups is 1. The third-order valence-electron chi connectivity index (χ3n) is 9.36. The Labute approximate surface area is 215 Å². The fraction of sp³-hybridized carbons (Fsp3) is 0.967. The van der Waals surface area contributed by atoms with Gasteiger partial charge in [0.2, 0.25) is 5.91 Å². The van der Waals surface area contributed by atoms with Crippen LogP contribution in [0.5, 0.6) is 0 Å². The van der Waals surface area contributed by atoms with E-state index in [4.69, 9.17) is 9.47 Å². The van der Waals surface area contributed by atoms with Gasteiger partial charge in [0, 0.05) is 11.1 Å². The molecule has 5 aliphatic rings. The first-order valence-electron chi connectivity index (χ1n) is 15.0. The molecule has 5 heteroatoms. The highest BCUT2D eigenvalue weighted by molar-refractivity contribution is 5.79. The molecular formula is C30H54N2O3. The SMILES string of the molecule is CC(C)(NC12CC(NC(=O)COC3CCCCCCCC3)(C1)C2)OC(C)(C)C1CCCCCCC1. The Kier molecular flexibility index (Phi) is 8.91. The molecule has 0 unspecified atom stereocenters. The van der Waals surface area contributed by atoms with Crippen molar-refractivity contribution in [1.82, 2.24) is 10.6 Å². The van der Waals surface area contributed by atoms with Gasteiger partial charge in [-0.25, -0.2) is 0 Å². The number of carbonyl (C=O) groups excluding carboxylic acids is 1. The second-order valence-corrected chi connectivity index (χ2v) is 13.7. The van der Waals surface area contributed by atoms with Gasteiger partial charge in [0.05, 0.1) is 11.7 Å². The lowest BCUT2D eigenvalue weighted by Gasteiger charge is -2.72. The molecule has 5 saturated carbocycles. The van der Waals surface area contributed by atoms with Gasteiger partial charge >= 0.3 is 0 Å². The van der Waals surface area contributed by atoms with Gasteiger partial charge in [-0.15, -0.1) is 0 Å². The van der Waals surface area contributed by atoms with E-state index in [1.54, 1.807) is 0 Å². The minimum absolute atomic E-state index is 0.0169. The largest absolute Gasteiger partial charge is 0.368 e. The monoisotopic (exact) mass is 490 g/mol. The molecule has 0 aromatic rings. The number of nitrogens with one attached hydrogen (secondary N) is 2. The van der Waals surface area contributed by atoms with Gasteiger partial charge < -0.3 is 14.8 Å². The van der Waals surface area contributed by atoms with Crippen LogP contribution in [0.15, 0.2) is 0 Å². The van der Waals surface area contributed by atoms with Gasteiger partial charge in [-0.1, -0.05) is 70.6 Å². The molecule has 5 nitrogen and oxygen atoms in total. The van der Waals surface area contributed by atoms with Crippen LogP contribution in [-0.2, 0) is 14.3 Å². The van der Waals surface area contributed by atoms with Crippen LogP contribution in [0.1, 0.15) is 143 Å². The summed E-state index contributed by atoms with van der Waals surface area (Å²) in [6, 6.07) is 0. The average molecular weight is 491 g/mol. The van der Waals surface area contributed by atoms with Crippen LogP contribution in [-0.4, -0.2) is 41.0 Å². The first kappa shape index (κ1) is 27.4. The van der Waals surface area contributed by atoms with Crippen molar-refractivity contribution in [3.63, 3.8) is 0 Å². The molecule has 0 aliphatic heterocycles. The summed E-state index contributed by atoms with van der Waals surface area (Å²) in [7, 11) is 0. The number of ether oxygens (including phenoxy) is 2. The van der Waals surface area contributed by atoms with Gasteiger partial charge in [-0.3, -0.25) is 10.1 Å². The van der Waals surface area contributed by atoms with E-state index in [9.17, 15) is 4.79 Å². The summed E-state index contributed by atoms with van der Waals surface area (Å²) >= 11 is 0. The molecular weight excluding hydrogens is 436 g/mol. The topological polar surface area (TPSA) is 59.6 Å². The van der Waals surface area contributed by atoms with Crippen LogP contribution in [0.2, 0.25) is 0 Å². The molecule has 0 aromatic carbocycles. The van der Waals surface area contributed by atoms with Gasteiger partial charge in [0.1, 0.15) is 12.3 Å². The van der Waals surface area contributed by atoms with Crippen LogP contribution in [0, 0.1) is 5.92 Å². The second-order valence-electron chi connectivity index (χ2n) is 13.7. The number of hydrogen-bond acceptors (Lipinski definition) is 4. The van der Waals surface area contributed by atoms with E-state index >= 15 is 0 Å². The Morgan fingerprint density at radius 2 is 1.23 bits per heavy atom. The van der Waals surface area contributed by atoms with Gasteiger partial charge in [-0.05, 0) is 78.6 Å². The minimum atomic E-state index is -0.373. The van der Waals surface area contributed by atoms with Gasteiger partial charge in [0.15, 0.2) is 0 Å². The first-order valence-corrected chi connectivity index (χ1v) is 15.0. The van der Waals surface area contributed by atoms with Gasteiger partial charge in [-0.2, -0.15) is 0 Å². The number of rotatable bonds is 9. The Morgan fingerprint density at radius 3 is 1.77 bits per heavy atom. The molecule has 202 valence electrons. The molecule has 0 spiro atoms. The van der Waals surface area contributed by atoms with Crippen LogP contribution in [0.3, 0.4) is 0 Å². The van der Waals surface area contributed by atoms with Crippen molar-refractivity contribution in [1.29, 1.82) is 0 Å². The quantitative estimate of drug-likeness (QED) is 0.350. The predicted molar refractivity (Wildman–Crippen MR) is 142 cm³/mol. The number of amides is 1. The molecule has 1 amide bonds. The van der Waals surface area contributed by atoms with Crippen molar-refractivity contribution in [3.8, 4) is 0 Å².